The standard InChI is InChI=1S/C22H29ClN2O3/c23-19-9-5-4-8-17(19)21(27)25-14-18(22(15-25)10-12-28-13-11-22)20(26)24-16-6-2-1-3-7-16/h4-5,8-9,16,18H,1-3,6-7,10-15H2,(H,24,26). The van der Waals surface area contributed by atoms with Crippen LogP contribution in [0, 0.1) is 11.3 Å². The number of nitrogens with zero attached hydrogens (tertiary/aromatic N) is 1. The van der Waals surface area contributed by atoms with Crippen molar-refractivity contribution in [2.45, 2.75) is 51.0 Å². The van der Waals surface area contributed by atoms with E-state index in [2.05, 4.69) is 5.32 Å². The Morgan fingerprint density at radius 2 is 1.82 bits per heavy atom. The molecule has 1 aromatic rings. The number of benzene rings is 1. The number of ether oxygens (including phenoxy) is 1. The van der Waals surface area contributed by atoms with E-state index >= 15 is 0 Å². The third kappa shape index (κ3) is 3.92. The Morgan fingerprint density at radius 1 is 1.11 bits per heavy atom. The number of hydrogen-bond acceptors (Lipinski definition) is 3. The molecule has 1 spiro atoms. The molecule has 0 bridgehead atoms. The quantitative estimate of drug-likeness (QED) is 0.836. The fraction of sp³-hybridized carbons (Fsp3) is 0.636. The van der Waals surface area contributed by atoms with Gasteiger partial charge in [0.2, 0.25) is 5.91 Å². The highest BCUT2D eigenvalue weighted by Gasteiger charge is 2.52. The van der Waals surface area contributed by atoms with Crippen molar-refractivity contribution < 1.29 is 14.3 Å². The molecule has 2 amide bonds. The van der Waals surface area contributed by atoms with Gasteiger partial charge in [0, 0.05) is 37.8 Å². The number of nitrogens with one attached hydrogen (secondary N) is 1. The zero-order valence-corrected chi connectivity index (χ0v) is 17.0. The van der Waals surface area contributed by atoms with Crippen LogP contribution in [-0.2, 0) is 9.53 Å². The number of carbonyl (C=O) groups is 2. The van der Waals surface area contributed by atoms with Gasteiger partial charge in [0.05, 0.1) is 16.5 Å². The van der Waals surface area contributed by atoms with E-state index in [1.54, 1.807) is 12.1 Å². The van der Waals surface area contributed by atoms with Crippen molar-refractivity contribution in [1.29, 1.82) is 0 Å². The summed E-state index contributed by atoms with van der Waals surface area (Å²) in [6.07, 6.45) is 7.41. The molecule has 28 heavy (non-hydrogen) atoms. The molecule has 1 aliphatic carbocycles. The molecule has 1 aromatic carbocycles. The summed E-state index contributed by atoms with van der Waals surface area (Å²) >= 11 is 6.26. The molecular weight excluding hydrogens is 376 g/mol. The van der Waals surface area contributed by atoms with Crippen LogP contribution in [0.5, 0.6) is 0 Å². The Morgan fingerprint density at radius 3 is 2.54 bits per heavy atom. The maximum atomic E-state index is 13.2. The summed E-state index contributed by atoms with van der Waals surface area (Å²) in [6, 6.07) is 7.43. The highest BCUT2D eigenvalue weighted by atomic mass is 35.5. The van der Waals surface area contributed by atoms with Crippen LogP contribution in [0.2, 0.25) is 5.02 Å². The number of carbonyl (C=O) groups excluding carboxylic acids is 2. The van der Waals surface area contributed by atoms with Crippen LogP contribution in [0.15, 0.2) is 24.3 Å². The minimum absolute atomic E-state index is 0.0792. The monoisotopic (exact) mass is 404 g/mol. The number of halogens is 1. The van der Waals surface area contributed by atoms with Crippen molar-refractivity contribution in [3.63, 3.8) is 0 Å². The van der Waals surface area contributed by atoms with E-state index in [-0.39, 0.29) is 29.2 Å². The zero-order chi connectivity index (χ0) is 19.6. The van der Waals surface area contributed by atoms with Gasteiger partial charge in [0.25, 0.3) is 5.91 Å². The highest BCUT2D eigenvalue weighted by molar-refractivity contribution is 6.33. The van der Waals surface area contributed by atoms with Crippen molar-refractivity contribution in [1.82, 2.24) is 10.2 Å². The molecule has 1 atom stereocenters. The van der Waals surface area contributed by atoms with E-state index in [1.165, 1.54) is 19.3 Å². The summed E-state index contributed by atoms with van der Waals surface area (Å²) < 4.78 is 5.58. The van der Waals surface area contributed by atoms with Crippen LogP contribution in [0.1, 0.15) is 55.3 Å². The molecule has 0 radical (unpaired) electrons. The second-order valence-corrected chi connectivity index (χ2v) is 8.94. The summed E-state index contributed by atoms with van der Waals surface area (Å²) in [5.41, 5.74) is 0.327. The molecule has 6 heteroatoms. The van der Waals surface area contributed by atoms with E-state index in [1.807, 2.05) is 17.0 Å². The molecule has 2 aliphatic heterocycles. The lowest BCUT2D eigenvalue weighted by atomic mass is 9.71. The van der Waals surface area contributed by atoms with Crippen LogP contribution < -0.4 is 5.32 Å². The van der Waals surface area contributed by atoms with Gasteiger partial charge in [0.1, 0.15) is 0 Å². The Labute approximate surface area is 171 Å². The fourth-order valence-corrected chi connectivity index (χ4v) is 5.34. The van der Waals surface area contributed by atoms with Gasteiger partial charge >= 0.3 is 0 Å². The Balaban J connectivity index is 1.53. The van der Waals surface area contributed by atoms with E-state index in [0.717, 1.165) is 25.7 Å². The van der Waals surface area contributed by atoms with Crippen LogP contribution in [-0.4, -0.2) is 49.1 Å². The highest BCUT2D eigenvalue weighted by Crippen LogP contribution is 2.45. The van der Waals surface area contributed by atoms with Crippen molar-refractivity contribution in [3.05, 3.63) is 34.9 Å². The molecule has 1 saturated carbocycles. The Hall–Kier alpha value is -1.59. The fourth-order valence-electron chi connectivity index (χ4n) is 5.12. The molecule has 5 nitrogen and oxygen atoms in total. The smallest absolute Gasteiger partial charge is 0.255 e. The van der Waals surface area contributed by atoms with Gasteiger partial charge in [-0.25, -0.2) is 0 Å². The summed E-state index contributed by atoms with van der Waals surface area (Å²) in [4.78, 5) is 28.2. The van der Waals surface area contributed by atoms with Crippen LogP contribution in [0.3, 0.4) is 0 Å². The SMILES string of the molecule is O=C(NC1CCCCC1)C1CN(C(=O)c2ccccc2Cl)CC12CCOCC2. The number of rotatable bonds is 3. The predicted octanol–water partition coefficient (Wildman–Crippen LogP) is 3.66. The van der Waals surface area contributed by atoms with E-state index in [0.29, 0.717) is 36.9 Å². The summed E-state index contributed by atoms with van der Waals surface area (Å²) in [5.74, 6) is -0.141. The zero-order valence-electron chi connectivity index (χ0n) is 16.3. The maximum absolute atomic E-state index is 13.2. The van der Waals surface area contributed by atoms with Gasteiger partial charge in [0.15, 0.2) is 0 Å². The van der Waals surface area contributed by atoms with Crippen molar-refractivity contribution >= 4 is 23.4 Å². The van der Waals surface area contributed by atoms with Crippen LogP contribution in [0.25, 0.3) is 0 Å². The first-order valence-electron chi connectivity index (χ1n) is 10.5. The molecule has 152 valence electrons. The number of likely N-dealkylation sites (tertiary alicyclic amines) is 1. The van der Waals surface area contributed by atoms with Crippen molar-refractivity contribution in [3.8, 4) is 0 Å². The van der Waals surface area contributed by atoms with Crippen molar-refractivity contribution in [2.75, 3.05) is 26.3 Å². The van der Waals surface area contributed by atoms with Gasteiger partial charge < -0.3 is 15.0 Å². The first-order chi connectivity index (χ1) is 13.6. The lowest BCUT2D eigenvalue weighted by Gasteiger charge is -2.37. The third-order valence-corrected chi connectivity index (χ3v) is 7.13. The van der Waals surface area contributed by atoms with Gasteiger partial charge in [-0.1, -0.05) is 43.0 Å². The van der Waals surface area contributed by atoms with E-state index < -0.39 is 0 Å². The molecule has 0 aromatic heterocycles. The number of amides is 2. The summed E-state index contributed by atoms with van der Waals surface area (Å²) in [5, 5.41) is 3.76. The predicted molar refractivity (Wildman–Crippen MR) is 108 cm³/mol. The second-order valence-electron chi connectivity index (χ2n) is 8.54. The van der Waals surface area contributed by atoms with Gasteiger partial charge in [-0.2, -0.15) is 0 Å². The van der Waals surface area contributed by atoms with Gasteiger partial charge in [-0.15, -0.1) is 0 Å². The largest absolute Gasteiger partial charge is 0.381 e. The Bertz CT molecular complexity index is 726. The molecule has 4 rings (SSSR count). The molecule has 1 N–H and O–H groups in total. The first kappa shape index (κ1) is 19.7. The molecular formula is C22H29ClN2O3. The molecule has 2 saturated heterocycles. The average Bonchev–Trinajstić information content (AvgIpc) is 3.08. The molecule has 3 aliphatic rings. The minimum atomic E-state index is -0.187. The second kappa shape index (κ2) is 8.42. The molecule has 1 unspecified atom stereocenters. The first-order valence-corrected chi connectivity index (χ1v) is 10.9. The van der Waals surface area contributed by atoms with Crippen LogP contribution >= 0.6 is 11.6 Å². The summed E-state index contributed by atoms with van der Waals surface area (Å²) in [6.45, 7) is 2.37. The number of hydrogen-bond donors (Lipinski definition) is 1. The third-order valence-electron chi connectivity index (χ3n) is 6.80. The Kier molecular flexibility index (Phi) is 5.93. The van der Waals surface area contributed by atoms with Gasteiger partial charge in [-0.3, -0.25) is 9.59 Å². The minimum Gasteiger partial charge on any atom is -0.381 e. The maximum Gasteiger partial charge on any atom is 0.255 e. The van der Waals surface area contributed by atoms with E-state index in [4.69, 9.17) is 16.3 Å². The topological polar surface area (TPSA) is 58.6 Å². The molecule has 2 heterocycles. The normalized spacial score (nSPS) is 25.0. The average molecular weight is 405 g/mol. The summed E-state index contributed by atoms with van der Waals surface area (Å²) in [7, 11) is 0. The lowest BCUT2D eigenvalue weighted by molar-refractivity contribution is -0.130. The molecule has 3 fully saturated rings. The van der Waals surface area contributed by atoms with Crippen LogP contribution in [0.4, 0.5) is 0 Å². The van der Waals surface area contributed by atoms with E-state index in [9.17, 15) is 9.59 Å². The lowest BCUT2D eigenvalue weighted by Crippen LogP contribution is -2.47. The van der Waals surface area contributed by atoms with Crippen molar-refractivity contribution in [2.24, 2.45) is 11.3 Å². The van der Waals surface area contributed by atoms with Gasteiger partial charge in [-0.05, 0) is 37.8 Å².